The van der Waals surface area contributed by atoms with Gasteiger partial charge in [-0.3, -0.25) is 0 Å². The fraction of sp³-hybridized carbons (Fsp3) is 0.600. The van der Waals surface area contributed by atoms with E-state index < -0.39 is 36.3 Å². The number of unbranched alkanes of at least 4 members (excludes halogenated alkanes) is 4. The Hall–Kier alpha value is -5.08. The molecule has 6 rings (SSSR count). The second kappa shape index (κ2) is 23.7. The molecule has 2 N–H and O–H groups in total. The van der Waals surface area contributed by atoms with E-state index in [-0.39, 0.29) is 37.3 Å². The molecule has 0 aromatic heterocycles. The lowest BCUT2D eigenvalue weighted by molar-refractivity contribution is -0.138. The molecule has 2 bridgehead atoms. The highest BCUT2D eigenvalue weighted by molar-refractivity contribution is 5.81. The van der Waals surface area contributed by atoms with E-state index >= 15 is 0 Å². The van der Waals surface area contributed by atoms with Crippen LogP contribution in [0.5, 0.6) is 11.5 Å². The number of carbonyl (C=O) groups excluding carboxylic acids is 4. The van der Waals surface area contributed by atoms with E-state index in [0.29, 0.717) is 87.0 Å². The van der Waals surface area contributed by atoms with Gasteiger partial charge in [0.25, 0.3) is 0 Å². The quantitative estimate of drug-likeness (QED) is 0.0337. The molecule has 14 heteroatoms. The van der Waals surface area contributed by atoms with Crippen molar-refractivity contribution in [2.24, 2.45) is 34.0 Å². The Balaban J connectivity index is 0.937. The first-order valence-electron chi connectivity index (χ1n) is 23.1. The largest absolute Gasteiger partial charge is 0.490 e. The predicted molar refractivity (Wildman–Crippen MR) is 239 cm³/mol. The van der Waals surface area contributed by atoms with Gasteiger partial charge < -0.3 is 48.5 Å². The van der Waals surface area contributed by atoms with Gasteiger partial charge in [0.15, 0.2) is 12.2 Å². The summed E-state index contributed by atoms with van der Waals surface area (Å²) in [5, 5.41) is 5.66. The zero-order valence-electron chi connectivity index (χ0n) is 37.5. The van der Waals surface area contributed by atoms with Crippen LogP contribution in [0.3, 0.4) is 0 Å². The number of para-hydroxylation sites is 2. The van der Waals surface area contributed by atoms with Crippen LogP contribution in [0.4, 0.5) is 9.59 Å². The van der Waals surface area contributed by atoms with Crippen LogP contribution in [-0.2, 0) is 38.0 Å². The van der Waals surface area contributed by atoms with Crippen molar-refractivity contribution in [3.8, 4) is 11.5 Å². The number of alkyl carbamates (subject to hydrolysis) is 2. The van der Waals surface area contributed by atoms with Crippen LogP contribution < -0.4 is 20.1 Å². The van der Waals surface area contributed by atoms with E-state index in [4.69, 9.17) is 37.9 Å². The van der Waals surface area contributed by atoms with Gasteiger partial charge in [-0.05, 0) is 123 Å². The molecule has 4 aliphatic carbocycles. The Labute approximate surface area is 378 Å². The van der Waals surface area contributed by atoms with Crippen LogP contribution >= 0.6 is 0 Å². The molecule has 2 aromatic rings. The Morgan fingerprint density at radius 3 is 1.70 bits per heavy atom. The molecule has 2 amide bonds. The van der Waals surface area contributed by atoms with Crippen LogP contribution in [0.2, 0.25) is 0 Å². The number of fused-ring (bicyclic) bond motifs is 2. The van der Waals surface area contributed by atoms with Gasteiger partial charge in [0, 0.05) is 30.7 Å². The van der Waals surface area contributed by atoms with Crippen molar-refractivity contribution in [2.45, 2.75) is 89.8 Å². The summed E-state index contributed by atoms with van der Waals surface area (Å²) in [4.78, 5) is 48.1. The molecule has 64 heavy (non-hydrogen) atoms. The third-order valence-electron chi connectivity index (χ3n) is 13.6. The van der Waals surface area contributed by atoms with Crippen molar-refractivity contribution in [3.05, 3.63) is 86.0 Å². The summed E-state index contributed by atoms with van der Waals surface area (Å²) in [5.74, 6) is 2.41. The highest BCUT2D eigenvalue weighted by Crippen LogP contribution is 2.93. The first kappa shape index (κ1) is 48.4. The Bertz CT molecular complexity index is 1830. The van der Waals surface area contributed by atoms with E-state index in [1.165, 1.54) is 12.8 Å². The number of hydrogen-bond donors (Lipinski definition) is 2. The van der Waals surface area contributed by atoms with Crippen molar-refractivity contribution in [1.29, 1.82) is 0 Å². The van der Waals surface area contributed by atoms with Gasteiger partial charge in [0.05, 0.1) is 39.6 Å². The molecule has 0 spiro atoms. The van der Waals surface area contributed by atoms with E-state index in [1.54, 1.807) is 0 Å². The lowest BCUT2D eigenvalue weighted by Gasteiger charge is -2.41. The van der Waals surface area contributed by atoms with Crippen molar-refractivity contribution < 1.29 is 57.1 Å². The number of esters is 2. The molecular formula is C50H68N2O12. The van der Waals surface area contributed by atoms with Crippen molar-refractivity contribution in [2.75, 3.05) is 65.9 Å². The second-order valence-electron chi connectivity index (χ2n) is 18.2. The maximum Gasteiger partial charge on any atom is 0.407 e. The van der Waals surface area contributed by atoms with Crippen molar-refractivity contribution >= 4 is 24.1 Å². The first-order chi connectivity index (χ1) is 31.1. The molecule has 0 radical (unpaired) electrons. The molecule has 8 unspecified atom stereocenters. The Morgan fingerprint density at radius 1 is 0.672 bits per heavy atom. The highest BCUT2D eigenvalue weighted by atomic mass is 16.6. The summed E-state index contributed by atoms with van der Waals surface area (Å²) in [5.41, 5.74) is 0.527. The molecule has 0 aliphatic heterocycles. The number of amides is 2. The number of ether oxygens (including phenoxy) is 8. The molecule has 0 saturated heterocycles. The number of carbonyl (C=O) groups is 4. The molecular weight excluding hydrogens is 821 g/mol. The second-order valence-corrected chi connectivity index (χ2v) is 18.2. The minimum Gasteiger partial charge on any atom is -0.490 e. The van der Waals surface area contributed by atoms with Gasteiger partial charge in [-0.1, -0.05) is 56.5 Å². The van der Waals surface area contributed by atoms with E-state index in [1.807, 2.05) is 60.7 Å². The van der Waals surface area contributed by atoms with Crippen LogP contribution in [-0.4, -0.2) is 102 Å². The number of rotatable bonds is 30. The number of nitrogens with one attached hydrogen (secondary N) is 2. The SMILES string of the molecule is C=CC(=O)OCCCCCNC(=O)OC(COCC1(C)CCC2C(C1)C1CC23CC13COCC(COc1ccccc1)OC(=O)NCCCCCOC(=O)C=C)COc1ccccc1. The van der Waals surface area contributed by atoms with Gasteiger partial charge in [-0.25, -0.2) is 19.2 Å². The minimum absolute atomic E-state index is 0.00370. The van der Waals surface area contributed by atoms with Gasteiger partial charge in [0.2, 0.25) is 0 Å². The van der Waals surface area contributed by atoms with Gasteiger partial charge in [0.1, 0.15) is 24.7 Å². The standard InChI is InChI=1S/C50H68N2O12/c1-4-44(53)59-26-16-8-14-24-51-46(55)63-39(32-61-37-18-10-6-11-19-37)30-57-35-48(3)23-22-42-41(28-48)43-29-49(42)34-50(43,49)36-58-31-40(33-62-38-20-12-7-13-21-38)64-47(56)52-25-15-9-17-27-60-45(54)5-2/h4-7,10-13,18-21,39-43H,1-2,8-9,14-17,22-36H2,3H3,(H,51,55)(H,52,56). The monoisotopic (exact) mass is 888 g/mol. The normalized spacial score (nSPS) is 25.4. The van der Waals surface area contributed by atoms with Crippen LogP contribution in [0.15, 0.2) is 86.0 Å². The van der Waals surface area contributed by atoms with Crippen molar-refractivity contribution in [3.63, 3.8) is 0 Å². The summed E-state index contributed by atoms with van der Waals surface area (Å²) >= 11 is 0. The van der Waals surface area contributed by atoms with Crippen LogP contribution in [0.25, 0.3) is 0 Å². The van der Waals surface area contributed by atoms with Gasteiger partial charge >= 0.3 is 24.1 Å². The molecule has 0 heterocycles. The topological polar surface area (TPSA) is 166 Å². The third kappa shape index (κ3) is 13.2. The Morgan fingerprint density at radius 2 is 1.19 bits per heavy atom. The lowest BCUT2D eigenvalue weighted by atomic mass is 9.66. The maximum atomic E-state index is 12.8. The molecule has 4 aliphatic rings. The Kier molecular flexibility index (Phi) is 17.9. The van der Waals surface area contributed by atoms with Crippen LogP contribution in [0, 0.1) is 34.0 Å². The third-order valence-corrected chi connectivity index (χ3v) is 13.6. The molecule has 4 saturated carbocycles. The molecule has 4 fully saturated rings. The van der Waals surface area contributed by atoms with E-state index in [0.717, 1.165) is 57.1 Å². The lowest BCUT2D eigenvalue weighted by Crippen LogP contribution is -2.39. The summed E-state index contributed by atoms with van der Waals surface area (Å²) < 4.78 is 46.5. The molecule has 8 atom stereocenters. The maximum absolute atomic E-state index is 12.8. The van der Waals surface area contributed by atoms with E-state index in [2.05, 4.69) is 30.7 Å². The summed E-state index contributed by atoms with van der Waals surface area (Å²) in [6.45, 7) is 12.6. The molecule has 2 aromatic carbocycles. The van der Waals surface area contributed by atoms with Gasteiger partial charge in [-0.15, -0.1) is 0 Å². The predicted octanol–water partition coefficient (Wildman–Crippen LogP) is 8.00. The fourth-order valence-electron chi connectivity index (χ4n) is 10.5. The first-order valence-corrected chi connectivity index (χ1v) is 23.1. The summed E-state index contributed by atoms with van der Waals surface area (Å²) in [7, 11) is 0. The minimum atomic E-state index is -0.603. The zero-order chi connectivity index (χ0) is 45.3. The van der Waals surface area contributed by atoms with Crippen LogP contribution in [0.1, 0.15) is 77.6 Å². The average Bonchev–Trinajstić information content (AvgIpc) is 3.52. The van der Waals surface area contributed by atoms with Crippen molar-refractivity contribution in [1.82, 2.24) is 10.6 Å². The summed E-state index contributed by atoms with van der Waals surface area (Å²) in [6.07, 6.45) is 10.2. The van der Waals surface area contributed by atoms with Gasteiger partial charge in [-0.2, -0.15) is 0 Å². The average molecular weight is 889 g/mol. The zero-order valence-corrected chi connectivity index (χ0v) is 37.5. The fourth-order valence-corrected chi connectivity index (χ4v) is 10.5. The highest BCUT2D eigenvalue weighted by Gasteiger charge is 2.88. The molecule has 350 valence electrons. The number of benzene rings is 2. The summed E-state index contributed by atoms with van der Waals surface area (Å²) in [6, 6.07) is 18.9. The van der Waals surface area contributed by atoms with E-state index in [9.17, 15) is 19.2 Å². The smallest absolute Gasteiger partial charge is 0.407 e. The number of hydrogen-bond acceptors (Lipinski definition) is 12. The molecule has 14 nitrogen and oxygen atoms in total.